The normalized spacial score (nSPS) is 15.5. The summed E-state index contributed by atoms with van der Waals surface area (Å²) in [5.41, 5.74) is 0. The van der Waals surface area contributed by atoms with Crippen molar-refractivity contribution >= 4 is 7.60 Å². The minimum absolute atomic E-state index is 0.425. The third-order valence-corrected chi connectivity index (χ3v) is 3.95. The van der Waals surface area contributed by atoms with Gasteiger partial charge in [-0.2, -0.15) is 52.7 Å². The monoisotopic (exact) mass is 410 g/mol. The summed E-state index contributed by atoms with van der Waals surface area (Å²) in [4.78, 5) is 0. The molecule has 0 spiro atoms. The summed E-state index contributed by atoms with van der Waals surface area (Å²) in [5, 5.41) is 0. The van der Waals surface area contributed by atoms with E-state index >= 15 is 0 Å². The first-order valence-electron chi connectivity index (χ1n) is 5.46. The molecule has 0 unspecified atom stereocenters. The highest BCUT2D eigenvalue weighted by atomic mass is 31.2. The lowest BCUT2D eigenvalue weighted by Gasteiger charge is -2.30. The van der Waals surface area contributed by atoms with E-state index in [-0.39, 0.29) is 0 Å². The summed E-state index contributed by atoms with van der Waals surface area (Å²) in [5.74, 6) is 0. The second kappa shape index (κ2) is 6.90. The SMILES string of the molecule is CCP(=O)(OC(C(F)(F)F)C(F)(F)F)OC(C(F)(F)F)C(F)(F)F. The van der Waals surface area contributed by atoms with Crippen LogP contribution in [-0.2, 0) is 13.6 Å². The molecule has 0 atom stereocenters. The first-order valence-corrected chi connectivity index (χ1v) is 7.19. The topological polar surface area (TPSA) is 35.5 Å². The number of hydrogen-bond donors (Lipinski definition) is 0. The average molecular weight is 410 g/mol. The van der Waals surface area contributed by atoms with Crippen molar-refractivity contribution in [3.8, 4) is 0 Å². The highest BCUT2D eigenvalue weighted by Crippen LogP contribution is 2.57. The van der Waals surface area contributed by atoms with Gasteiger partial charge in [-0.05, 0) is 0 Å². The van der Waals surface area contributed by atoms with Crippen molar-refractivity contribution in [2.75, 3.05) is 6.16 Å². The van der Waals surface area contributed by atoms with Crippen LogP contribution in [-0.4, -0.2) is 43.1 Å². The Kier molecular flexibility index (Phi) is 6.70. The second-order valence-electron chi connectivity index (χ2n) is 4.06. The lowest BCUT2D eigenvalue weighted by atomic mass is 10.3. The maximum Gasteiger partial charge on any atom is 0.424 e. The van der Waals surface area contributed by atoms with Crippen molar-refractivity contribution in [2.24, 2.45) is 0 Å². The molecule has 0 aromatic carbocycles. The lowest BCUT2D eigenvalue weighted by Crippen LogP contribution is -2.46. The number of hydrogen-bond acceptors (Lipinski definition) is 3. The quantitative estimate of drug-likeness (QED) is 0.461. The van der Waals surface area contributed by atoms with Gasteiger partial charge in [-0.15, -0.1) is 0 Å². The van der Waals surface area contributed by atoms with Gasteiger partial charge in [0.25, 0.3) is 12.2 Å². The molecule has 0 amide bonds. The Bertz CT molecular complexity index is 395. The van der Waals surface area contributed by atoms with Crippen LogP contribution in [0, 0.1) is 0 Å². The number of alkyl halides is 12. The molecule has 16 heteroatoms. The Morgan fingerprint density at radius 1 is 0.667 bits per heavy atom. The molecule has 0 fully saturated rings. The third kappa shape index (κ3) is 6.67. The second-order valence-corrected chi connectivity index (χ2v) is 6.34. The summed E-state index contributed by atoms with van der Waals surface area (Å²) in [6, 6.07) is 0. The maximum absolute atomic E-state index is 12.2. The van der Waals surface area contributed by atoms with E-state index in [0.29, 0.717) is 6.92 Å². The highest BCUT2D eigenvalue weighted by molar-refractivity contribution is 7.53. The minimum Gasteiger partial charge on any atom is -0.286 e. The molecule has 0 aromatic rings. The van der Waals surface area contributed by atoms with Gasteiger partial charge in [0.05, 0.1) is 0 Å². The Labute approximate surface area is 125 Å². The van der Waals surface area contributed by atoms with Crippen LogP contribution in [0.4, 0.5) is 52.7 Å². The van der Waals surface area contributed by atoms with E-state index in [4.69, 9.17) is 0 Å². The van der Waals surface area contributed by atoms with Gasteiger partial charge in [-0.1, -0.05) is 6.92 Å². The zero-order valence-electron chi connectivity index (χ0n) is 11.1. The van der Waals surface area contributed by atoms with Gasteiger partial charge in [-0.25, -0.2) is 0 Å². The number of rotatable bonds is 5. The fourth-order valence-electron chi connectivity index (χ4n) is 1.11. The van der Waals surface area contributed by atoms with Gasteiger partial charge < -0.3 is 0 Å². The molecule has 0 bridgehead atoms. The molecule has 0 heterocycles. The summed E-state index contributed by atoms with van der Waals surface area (Å²) >= 11 is 0. The van der Waals surface area contributed by atoms with E-state index < -0.39 is 50.7 Å². The van der Waals surface area contributed by atoms with Crippen LogP contribution in [0.1, 0.15) is 6.92 Å². The molecule has 0 aromatic heterocycles. The Balaban J connectivity index is 5.74. The summed E-state index contributed by atoms with van der Waals surface area (Å²) in [6.07, 6.45) is -36.6. The molecule has 0 aliphatic carbocycles. The molecule has 3 nitrogen and oxygen atoms in total. The predicted molar refractivity (Wildman–Crippen MR) is 52.1 cm³/mol. The molecule has 0 aliphatic rings. The molecule has 0 aliphatic heterocycles. The fourth-order valence-corrected chi connectivity index (χ4v) is 2.57. The van der Waals surface area contributed by atoms with Gasteiger partial charge in [-0.3, -0.25) is 13.6 Å². The maximum atomic E-state index is 12.2. The van der Waals surface area contributed by atoms with Gasteiger partial charge in [0.1, 0.15) is 0 Å². The van der Waals surface area contributed by atoms with Crippen molar-refractivity contribution in [3.05, 3.63) is 0 Å². The molecular formula is C8H7F12O3P. The average Bonchev–Trinajstić information content (AvgIpc) is 2.27. The van der Waals surface area contributed by atoms with Crippen molar-refractivity contribution in [1.82, 2.24) is 0 Å². The highest BCUT2D eigenvalue weighted by Gasteiger charge is 2.64. The van der Waals surface area contributed by atoms with Crippen LogP contribution < -0.4 is 0 Å². The smallest absolute Gasteiger partial charge is 0.286 e. The summed E-state index contributed by atoms with van der Waals surface area (Å²) in [6.45, 7) is 0.425. The van der Waals surface area contributed by atoms with E-state index in [2.05, 4.69) is 9.05 Å². The van der Waals surface area contributed by atoms with E-state index in [1.807, 2.05) is 0 Å². The van der Waals surface area contributed by atoms with E-state index in [1.54, 1.807) is 0 Å². The minimum atomic E-state index is -6.31. The van der Waals surface area contributed by atoms with Gasteiger partial charge in [0, 0.05) is 6.16 Å². The molecule has 24 heavy (non-hydrogen) atoms. The molecule has 0 radical (unpaired) electrons. The van der Waals surface area contributed by atoms with Gasteiger partial charge in [0.2, 0.25) is 0 Å². The Morgan fingerprint density at radius 3 is 1.00 bits per heavy atom. The number of halogens is 12. The molecule has 146 valence electrons. The van der Waals surface area contributed by atoms with Crippen LogP contribution in [0.3, 0.4) is 0 Å². The van der Waals surface area contributed by atoms with Crippen LogP contribution in [0.5, 0.6) is 0 Å². The van der Waals surface area contributed by atoms with Crippen LogP contribution >= 0.6 is 7.60 Å². The van der Waals surface area contributed by atoms with Crippen LogP contribution in [0.2, 0.25) is 0 Å². The van der Waals surface area contributed by atoms with Gasteiger partial charge in [0.15, 0.2) is 0 Å². The van der Waals surface area contributed by atoms with Crippen molar-refractivity contribution in [1.29, 1.82) is 0 Å². The third-order valence-electron chi connectivity index (χ3n) is 2.11. The van der Waals surface area contributed by atoms with Crippen molar-refractivity contribution in [3.63, 3.8) is 0 Å². The van der Waals surface area contributed by atoms with Crippen molar-refractivity contribution < 1.29 is 66.3 Å². The molecule has 0 N–H and O–H groups in total. The molecule has 0 saturated carbocycles. The fraction of sp³-hybridized carbons (Fsp3) is 1.00. The largest absolute Gasteiger partial charge is 0.424 e. The van der Waals surface area contributed by atoms with Crippen molar-refractivity contribution in [2.45, 2.75) is 43.8 Å². The predicted octanol–water partition coefficient (Wildman–Crippen LogP) is 5.22. The van der Waals surface area contributed by atoms with E-state index in [0.717, 1.165) is 0 Å². The molecular weight excluding hydrogens is 403 g/mol. The summed E-state index contributed by atoms with van der Waals surface area (Å²) < 4.78 is 164. The Hall–Kier alpha value is -0.690. The first-order chi connectivity index (χ1) is 10.2. The Morgan fingerprint density at radius 2 is 0.875 bits per heavy atom. The standard InChI is InChI=1S/C8H7F12O3P/c1-2-24(21,22-3(5(9,10)11)6(12,13)14)23-4(7(15,16)17)8(18,19)20/h3-4H,2H2,1H3. The van der Waals surface area contributed by atoms with Crippen LogP contribution in [0.15, 0.2) is 0 Å². The molecule has 0 saturated heterocycles. The van der Waals surface area contributed by atoms with E-state index in [9.17, 15) is 57.3 Å². The van der Waals surface area contributed by atoms with Crippen LogP contribution in [0.25, 0.3) is 0 Å². The van der Waals surface area contributed by atoms with E-state index in [1.165, 1.54) is 0 Å². The first kappa shape index (κ1) is 23.3. The zero-order valence-corrected chi connectivity index (χ0v) is 12.0. The summed E-state index contributed by atoms with van der Waals surface area (Å²) in [7, 11) is -6.08. The zero-order chi connectivity index (χ0) is 19.8. The van der Waals surface area contributed by atoms with Gasteiger partial charge >= 0.3 is 32.3 Å². The molecule has 0 rings (SSSR count). The lowest BCUT2D eigenvalue weighted by molar-refractivity contribution is -0.313.